The number of amides is 1. The molecule has 0 aliphatic rings. The Balaban J connectivity index is 2.46. The van der Waals surface area contributed by atoms with Gasteiger partial charge in [-0.25, -0.2) is 0 Å². The molecular weight excluding hydrogens is 250 g/mol. The van der Waals surface area contributed by atoms with E-state index in [0.29, 0.717) is 0 Å². The molecule has 3 nitrogen and oxygen atoms in total. The maximum absolute atomic E-state index is 11.3. The normalized spacial score (nSPS) is 10.5. The Morgan fingerprint density at radius 2 is 1.90 bits per heavy atom. The molecule has 0 aliphatic carbocycles. The summed E-state index contributed by atoms with van der Waals surface area (Å²) in [4.78, 5) is 11.3. The maximum Gasteiger partial charge on any atom is 0.243 e. The van der Waals surface area contributed by atoms with Crippen LogP contribution < -0.4 is 10.1 Å². The third kappa shape index (κ3) is 3.26. The summed E-state index contributed by atoms with van der Waals surface area (Å²) in [6.07, 6.45) is 3.33. The minimum absolute atomic E-state index is 0.125. The number of benzene rings is 2. The van der Waals surface area contributed by atoms with Crippen LogP contribution in [0.5, 0.6) is 5.75 Å². The Labute approximate surface area is 118 Å². The standard InChI is InChI=1S/C17H17NO2/c1-18-17(19)11-9-14-8-10-15(20-2)12-16(14)13-6-4-3-5-7-13/h3-12H,1-2H3,(H,18,19)/b11-9+. The highest BCUT2D eigenvalue weighted by molar-refractivity contribution is 5.93. The van der Waals surface area contributed by atoms with Crippen molar-refractivity contribution >= 4 is 12.0 Å². The number of carbonyl (C=O) groups excluding carboxylic acids is 1. The Bertz CT molecular complexity index is 618. The molecule has 20 heavy (non-hydrogen) atoms. The van der Waals surface area contributed by atoms with Gasteiger partial charge in [-0.3, -0.25) is 4.79 Å². The van der Waals surface area contributed by atoms with Gasteiger partial charge in [0.1, 0.15) is 5.75 Å². The Morgan fingerprint density at radius 1 is 1.15 bits per heavy atom. The van der Waals surface area contributed by atoms with E-state index in [1.54, 1.807) is 20.2 Å². The molecular formula is C17H17NO2. The zero-order valence-electron chi connectivity index (χ0n) is 11.6. The lowest BCUT2D eigenvalue weighted by molar-refractivity contribution is -0.115. The molecule has 0 spiro atoms. The first kappa shape index (κ1) is 13.9. The number of hydrogen-bond acceptors (Lipinski definition) is 2. The molecule has 2 aromatic rings. The fourth-order valence-electron chi connectivity index (χ4n) is 1.92. The molecule has 1 N–H and O–H groups in total. The molecule has 0 aliphatic heterocycles. The molecule has 3 heteroatoms. The number of ether oxygens (including phenoxy) is 1. The van der Waals surface area contributed by atoms with Crippen molar-refractivity contribution in [2.24, 2.45) is 0 Å². The molecule has 0 saturated carbocycles. The molecule has 102 valence electrons. The van der Waals surface area contributed by atoms with Crippen molar-refractivity contribution in [3.05, 3.63) is 60.2 Å². The lowest BCUT2D eigenvalue weighted by Crippen LogP contribution is -2.13. The van der Waals surface area contributed by atoms with Gasteiger partial charge in [0, 0.05) is 13.1 Å². The molecule has 0 radical (unpaired) electrons. The Morgan fingerprint density at radius 3 is 2.55 bits per heavy atom. The van der Waals surface area contributed by atoms with Crippen LogP contribution in [0.3, 0.4) is 0 Å². The Hall–Kier alpha value is -2.55. The van der Waals surface area contributed by atoms with E-state index in [0.717, 1.165) is 22.4 Å². The average molecular weight is 267 g/mol. The van der Waals surface area contributed by atoms with Crippen LogP contribution in [0.1, 0.15) is 5.56 Å². The molecule has 1 amide bonds. The van der Waals surface area contributed by atoms with E-state index in [1.165, 1.54) is 6.08 Å². The first-order chi connectivity index (χ1) is 9.74. The van der Waals surface area contributed by atoms with E-state index in [9.17, 15) is 4.79 Å². The molecule has 2 rings (SSSR count). The summed E-state index contributed by atoms with van der Waals surface area (Å²) >= 11 is 0. The average Bonchev–Trinajstić information content (AvgIpc) is 2.53. The molecule has 2 aromatic carbocycles. The number of carbonyl (C=O) groups is 1. The molecule has 0 unspecified atom stereocenters. The molecule has 0 heterocycles. The number of methoxy groups -OCH3 is 1. The van der Waals surface area contributed by atoms with Crippen molar-refractivity contribution < 1.29 is 9.53 Å². The van der Waals surface area contributed by atoms with Crippen LogP contribution in [0, 0.1) is 0 Å². The van der Waals surface area contributed by atoms with E-state index in [4.69, 9.17) is 4.74 Å². The van der Waals surface area contributed by atoms with Gasteiger partial charge in [0.15, 0.2) is 0 Å². The van der Waals surface area contributed by atoms with Gasteiger partial charge in [-0.1, -0.05) is 36.4 Å². The fourth-order valence-corrected chi connectivity index (χ4v) is 1.92. The first-order valence-electron chi connectivity index (χ1n) is 6.38. The molecule has 0 bridgehead atoms. The summed E-state index contributed by atoms with van der Waals surface area (Å²) in [5.74, 6) is 0.667. The first-order valence-corrected chi connectivity index (χ1v) is 6.38. The van der Waals surface area contributed by atoms with Crippen LogP contribution in [-0.4, -0.2) is 20.1 Å². The van der Waals surface area contributed by atoms with Crippen LogP contribution in [0.25, 0.3) is 17.2 Å². The van der Waals surface area contributed by atoms with Crippen LogP contribution in [-0.2, 0) is 4.79 Å². The largest absolute Gasteiger partial charge is 0.497 e. The number of rotatable bonds is 4. The fraction of sp³-hybridized carbons (Fsp3) is 0.118. The molecule has 0 atom stereocenters. The van der Waals surface area contributed by atoms with Crippen LogP contribution in [0.4, 0.5) is 0 Å². The predicted octanol–water partition coefficient (Wildman–Crippen LogP) is 3.12. The van der Waals surface area contributed by atoms with E-state index in [1.807, 2.05) is 48.5 Å². The van der Waals surface area contributed by atoms with Gasteiger partial charge < -0.3 is 10.1 Å². The summed E-state index contributed by atoms with van der Waals surface area (Å²) in [7, 11) is 3.25. The zero-order chi connectivity index (χ0) is 14.4. The summed E-state index contributed by atoms with van der Waals surface area (Å²) in [6, 6.07) is 15.8. The van der Waals surface area contributed by atoms with Gasteiger partial charge in [-0.2, -0.15) is 0 Å². The van der Waals surface area contributed by atoms with Gasteiger partial charge >= 0.3 is 0 Å². The lowest BCUT2D eigenvalue weighted by atomic mass is 9.99. The highest BCUT2D eigenvalue weighted by Gasteiger charge is 2.05. The minimum Gasteiger partial charge on any atom is -0.497 e. The van der Waals surface area contributed by atoms with Gasteiger partial charge in [0.2, 0.25) is 5.91 Å². The van der Waals surface area contributed by atoms with Gasteiger partial charge in [-0.15, -0.1) is 0 Å². The van der Waals surface area contributed by atoms with Gasteiger partial charge in [0.05, 0.1) is 7.11 Å². The topological polar surface area (TPSA) is 38.3 Å². The molecule has 0 fully saturated rings. The van der Waals surface area contributed by atoms with E-state index < -0.39 is 0 Å². The summed E-state index contributed by atoms with van der Waals surface area (Å²) < 4.78 is 5.27. The summed E-state index contributed by atoms with van der Waals surface area (Å²) in [6.45, 7) is 0. The van der Waals surface area contributed by atoms with Crippen molar-refractivity contribution in [2.45, 2.75) is 0 Å². The zero-order valence-corrected chi connectivity index (χ0v) is 11.6. The maximum atomic E-state index is 11.3. The monoisotopic (exact) mass is 267 g/mol. The minimum atomic E-state index is -0.125. The SMILES string of the molecule is CNC(=O)/C=C/c1ccc(OC)cc1-c1ccccc1. The van der Waals surface area contributed by atoms with Crippen LogP contribution >= 0.6 is 0 Å². The third-order valence-electron chi connectivity index (χ3n) is 3.01. The van der Waals surface area contributed by atoms with Crippen molar-refractivity contribution in [3.8, 4) is 16.9 Å². The van der Waals surface area contributed by atoms with E-state index in [2.05, 4.69) is 5.32 Å². The third-order valence-corrected chi connectivity index (χ3v) is 3.01. The Kier molecular flexibility index (Phi) is 4.56. The smallest absolute Gasteiger partial charge is 0.243 e. The van der Waals surface area contributed by atoms with Gasteiger partial charge in [-0.05, 0) is 34.9 Å². The highest BCUT2D eigenvalue weighted by Crippen LogP contribution is 2.28. The van der Waals surface area contributed by atoms with Crippen molar-refractivity contribution in [1.82, 2.24) is 5.32 Å². The summed E-state index contributed by atoms with van der Waals surface area (Å²) in [5, 5.41) is 2.57. The quantitative estimate of drug-likeness (QED) is 0.864. The van der Waals surface area contributed by atoms with Gasteiger partial charge in [0.25, 0.3) is 0 Å². The number of hydrogen-bond donors (Lipinski definition) is 1. The molecule has 0 aromatic heterocycles. The predicted molar refractivity (Wildman–Crippen MR) is 81.5 cm³/mol. The second-order valence-electron chi connectivity index (χ2n) is 4.27. The second kappa shape index (κ2) is 6.57. The highest BCUT2D eigenvalue weighted by atomic mass is 16.5. The van der Waals surface area contributed by atoms with Crippen molar-refractivity contribution in [1.29, 1.82) is 0 Å². The molecule has 0 saturated heterocycles. The second-order valence-corrected chi connectivity index (χ2v) is 4.27. The van der Waals surface area contributed by atoms with Crippen LogP contribution in [0.15, 0.2) is 54.6 Å². The van der Waals surface area contributed by atoms with E-state index in [-0.39, 0.29) is 5.91 Å². The van der Waals surface area contributed by atoms with Crippen molar-refractivity contribution in [3.63, 3.8) is 0 Å². The van der Waals surface area contributed by atoms with Crippen LogP contribution in [0.2, 0.25) is 0 Å². The number of nitrogens with one attached hydrogen (secondary N) is 1. The summed E-state index contributed by atoms with van der Waals surface area (Å²) in [5.41, 5.74) is 3.09. The lowest BCUT2D eigenvalue weighted by Gasteiger charge is -2.09. The number of likely N-dealkylation sites (N-methyl/N-ethyl adjacent to an activating group) is 1. The van der Waals surface area contributed by atoms with E-state index >= 15 is 0 Å². The van der Waals surface area contributed by atoms with Crippen molar-refractivity contribution in [2.75, 3.05) is 14.2 Å².